The molecule has 3 nitrogen and oxygen atoms in total. The molecule has 1 amide bonds. The van der Waals surface area contributed by atoms with E-state index < -0.39 is 0 Å². The highest BCUT2D eigenvalue weighted by atomic mass is 32.2. The van der Waals surface area contributed by atoms with Gasteiger partial charge < -0.3 is 9.64 Å². The number of carbonyl (C=O) groups excluding carboxylic acids is 1. The Morgan fingerprint density at radius 2 is 2.20 bits per heavy atom. The second kappa shape index (κ2) is 7.02. The van der Waals surface area contributed by atoms with E-state index in [0.29, 0.717) is 6.54 Å². The van der Waals surface area contributed by atoms with Crippen LogP contribution in [-0.4, -0.2) is 36.0 Å². The maximum absolute atomic E-state index is 11.8. The predicted molar refractivity (Wildman–Crippen MR) is 84.5 cm³/mol. The van der Waals surface area contributed by atoms with Crippen LogP contribution >= 0.6 is 11.8 Å². The predicted octanol–water partition coefficient (Wildman–Crippen LogP) is 3.43. The van der Waals surface area contributed by atoms with Crippen molar-refractivity contribution in [2.45, 2.75) is 26.8 Å². The largest absolute Gasteiger partial charge is 0.494 e. The summed E-state index contributed by atoms with van der Waals surface area (Å²) in [4.78, 5) is 13.5. The maximum atomic E-state index is 11.8. The summed E-state index contributed by atoms with van der Waals surface area (Å²) in [6, 6.07) is 5.78. The monoisotopic (exact) mass is 293 g/mol. The van der Waals surface area contributed by atoms with E-state index in [9.17, 15) is 4.79 Å². The van der Waals surface area contributed by atoms with Crippen LogP contribution in [-0.2, 0) is 6.54 Å². The average molecular weight is 293 g/mol. The number of benzene rings is 1. The zero-order valence-electron chi connectivity index (χ0n) is 12.5. The van der Waals surface area contributed by atoms with Gasteiger partial charge in [0.1, 0.15) is 5.75 Å². The highest BCUT2D eigenvalue weighted by molar-refractivity contribution is 7.99. The van der Waals surface area contributed by atoms with E-state index in [0.717, 1.165) is 41.6 Å². The molecule has 4 heteroatoms. The second-order valence-electron chi connectivity index (χ2n) is 5.65. The standard InChI is InChI=1S/C16H23NO2S/c1-12(2)11-20-8-4-7-19-14-5-6-15-13(9-14)10-17(3)16(15)18/h5-6,9,12H,4,7-8,10-11H2,1-3H3. The number of nitrogens with zero attached hydrogens (tertiary/aromatic N) is 1. The van der Waals surface area contributed by atoms with E-state index in [-0.39, 0.29) is 5.91 Å². The van der Waals surface area contributed by atoms with Crippen LogP contribution in [0, 0.1) is 5.92 Å². The van der Waals surface area contributed by atoms with E-state index in [1.54, 1.807) is 4.90 Å². The van der Waals surface area contributed by atoms with Gasteiger partial charge in [-0.2, -0.15) is 11.8 Å². The fraction of sp³-hybridized carbons (Fsp3) is 0.562. The van der Waals surface area contributed by atoms with Crippen LogP contribution in [0.2, 0.25) is 0 Å². The minimum atomic E-state index is 0.108. The van der Waals surface area contributed by atoms with Gasteiger partial charge in [-0.1, -0.05) is 13.8 Å². The average Bonchev–Trinajstić information content (AvgIpc) is 2.68. The zero-order chi connectivity index (χ0) is 14.5. The lowest BCUT2D eigenvalue weighted by Crippen LogP contribution is -2.17. The van der Waals surface area contributed by atoms with Crippen LogP contribution in [0.4, 0.5) is 0 Å². The SMILES string of the molecule is CC(C)CSCCCOc1ccc2c(c1)CN(C)C2=O. The minimum absolute atomic E-state index is 0.108. The molecule has 1 heterocycles. The molecule has 0 aliphatic carbocycles. The zero-order valence-corrected chi connectivity index (χ0v) is 13.3. The van der Waals surface area contributed by atoms with Gasteiger partial charge in [0.25, 0.3) is 5.91 Å². The number of amides is 1. The number of hydrogen-bond acceptors (Lipinski definition) is 3. The molecule has 0 fully saturated rings. The number of thioether (sulfide) groups is 1. The van der Waals surface area contributed by atoms with E-state index in [4.69, 9.17) is 4.74 Å². The van der Waals surface area contributed by atoms with E-state index in [1.165, 1.54) is 5.75 Å². The third kappa shape index (κ3) is 3.92. The van der Waals surface area contributed by atoms with Gasteiger partial charge in [0.2, 0.25) is 0 Å². The van der Waals surface area contributed by atoms with Crippen LogP contribution in [0.25, 0.3) is 0 Å². The Hall–Kier alpha value is -1.16. The molecular formula is C16H23NO2S. The summed E-state index contributed by atoms with van der Waals surface area (Å²) >= 11 is 1.99. The van der Waals surface area contributed by atoms with Crippen molar-refractivity contribution < 1.29 is 9.53 Å². The summed E-state index contributed by atoms with van der Waals surface area (Å²) in [5, 5.41) is 0. The van der Waals surface area contributed by atoms with Gasteiger partial charge in [-0.3, -0.25) is 4.79 Å². The van der Waals surface area contributed by atoms with Crippen molar-refractivity contribution in [2.24, 2.45) is 5.92 Å². The summed E-state index contributed by atoms with van der Waals surface area (Å²) < 4.78 is 5.77. The first kappa shape index (κ1) is 15.2. The van der Waals surface area contributed by atoms with Gasteiger partial charge in [-0.25, -0.2) is 0 Å². The Bertz CT molecular complexity index is 474. The van der Waals surface area contributed by atoms with E-state index in [2.05, 4.69) is 13.8 Å². The van der Waals surface area contributed by atoms with Crippen molar-refractivity contribution >= 4 is 17.7 Å². The summed E-state index contributed by atoms with van der Waals surface area (Å²) in [6.07, 6.45) is 1.06. The molecule has 0 aromatic heterocycles. The van der Waals surface area contributed by atoms with Crippen LogP contribution in [0.3, 0.4) is 0 Å². The second-order valence-corrected chi connectivity index (χ2v) is 6.80. The van der Waals surface area contributed by atoms with Crippen LogP contribution in [0.5, 0.6) is 5.75 Å². The Morgan fingerprint density at radius 1 is 1.40 bits per heavy atom. The summed E-state index contributed by atoms with van der Waals surface area (Å²) in [6.45, 7) is 5.92. The van der Waals surface area contributed by atoms with Crippen molar-refractivity contribution in [3.05, 3.63) is 29.3 Å². The van der Waals surface area contributed by atoms with Gasteiger partial charge >= 0.3 is 0 Å². The number of carbonyl (C=O) groups is 1. The lowest BCUT2D eigenvalue weighted by atomic mass is 10.1. The lowest BCUT2D eigenvalue weighted by molar-refractivity contribution is 0.0816. The van der Waals surface area contributed by atoms with E-state index >= 15 is 0 Å². The first-order chi connectivity index (χ1) is 9.58. The van der Waals surface area contributed by atoms with E-state index in [1.807, 2.05) is 37.0 Å². The Kier molecular flexibility index (Phi) is 5.35. The van der Waals surface area contributed by atoms with Crippen molar-refractivity contribution in [2.75, 3.05) is 25.2 Å². The molecule has 110 valence electrons. The topological polar surface area (TPSA) is 29.5 Å². The molecule has 0 spiro atoms. The molecule has 1 aliphatic rings. The fourth-order valence-electron chi connectivity index (χ4n) is 2.20. The van der Waals surface area contributed by atoms with Crippen LogP contribution < -0.4 is 4.74 Å². The van der Waals surface area contributed by atoms with Crippen molar-refractivity contribution in [1.82, 2.24) is 4.90 Å². The number of hydrogen-bond donors (Lipinski definition) is 0. The fourth-order valence-corrected chi connectivity index (χ4v) is 3.16. The third-order valence-electron chi connectivity index (χ3n) is 3.21. The molecule has 0 N–H and O–H groups in total. The molecule has 0 bridgehead atoms. The third-order valence-corrected chi connectivity index (χ3v) is 4.69. The van der Waals surface area contributed by atoms with Gasteiger partial charge in [-0.15, -0.1) is 0 Å². The highest BCUT2D eigenvalue weighted by Gasteiger charge is 2.24. The maximum Gasteiger partial charge on any atom is 0.254 e. The normalized spacial score (nSPS) is 14.0. The van der Waals surface area contributed by atoms with Gasteiger partial charge in [0, 0.05) is 19.2 Å². The van der Waals surface area contributed by atoms with Gasteiger partial charge in [0.15, 0.2) is 0 Å². The van der Waals surface area contributed by atoms with Crippen LogP contribution in [0.1, 0.15) is 36.2 Å². The molecule has 0 unspecified atom stereocenters. The van der Waals surface area contributed by atoms with Crippen molar-refractivity contribution in [3.8, 4) is 5.75 Å². The van der Waals surface area contributed by atoms with Gasteiger partial charge in [0.05, 0.1) is 6.61 Å². The highest BCUT2D eigenvalue weighted by Crippen LogP contribution is 2.25. The number of rotatable bonds is 7. The molecule has 1 aliphatic heterocycles. The van der Waals surface area contributed by atoms with Crippen LogP contribution in [0.15, 0.2) is 18.2 Å². The molecule has 0 saturated carbocycles. The molecule has 0 atom stereocenters. The quantitative estimate of drug-likeness (QED) is 0.721. The van der Waals surface area contributed by atoms with Crippen molar-refractivity contribution in [3.63, 3.8) is 0 Å². The van der Waals surface area contributed by atoms with Crippen molar-refractivity contribution in [1.29, 1.82) is 0 Å². The summed E-state index contributed by atoms with van der Waals surface area (Å²) in [5.41, 5.74) is 1.89. The molecular weight excluding hydrogens is 270 g/mol. The molecule has 20 heavy (non-hydrogen) atoms. The Balaban J connectivity index is 1.75. The first-order valence-corrected chi connectivity index (χ1v) is 8.32. The van der Waals surface area contributed by atoms with Gasteiger partial charge in [-0.05, 0) is 47.6 Å². The minimum Gasteiger partial charge on any atom is -0.494 e. The number of fused-ring (bicyclic) bond motifs is 1. The lowest BCUT2D eigenvalue weighted by Gasteiger charge is -2.08. The molecule has 2 rings (SSSR count). The molecule has 0 radical (unpaired) electrons. The number of ether oxygens (including phenoxy) is 1. The smallest absolute Gasteiger partial charge is 0.254 e. The summed E-state index contributed by atoms with van der Waals surface area (Å²) in [7, 11) is 1.83. The first-order valence-electron chi connectivity index (χ1n) is 7.17. The Labute approximate surface area is 125 Å². The Morgan fingerprint density at radius 3 is 2.95 bits per heavy atom. The summed E-state index contributed by atoms with van der Waals surface area (Å²) in [5.74, 6) is 4.10. The molecule has 1 aromatic carbocycles. The molecule has 1 aromatic rings. The molecule has 0 saturated heterocycles.